The molecule has 0 aliphatic carbocycles. The fraction of sp³-hybridized carbons (Fsp3) is 0.469. The van der Waals surface area contributed by atoms with Gasteiger partial charge in [-0.2, -0.15) is 0 Å². The van der Waals surface area contributed by atoms with Crippen LogP contribution in [0.2, 0.25) is 0 Å². The van der Waals surface area contributed by atoms with Crippen LogP contribution >= 0.6 is 0 Å². The zero-order valence-electron chi connectivity index (χ0n) is 24.5. The van der Waals surface area contributed by atoms with Gasteiger partial charge >= 0.3 is 6.09 Å². The SMILES string of the molecule is C=Cc1cccc(C(C(=O)NCCCCC)N(CCC)C(=O)C(Cc2ccc(O)cc2)NC(=O)OC(C)(C)C)c1. The molecule has 0 bridgehead atoms. The van der Waals surface area contributed by atoms with Gasteiger partial charge in [0.15, 0.2) is 0 Å². The highest BCUT2D eigenvalue weighted by atomic mass is 16.6. The average Bonchev–Trinajstić information content (AvgIpc) is 2.90. The highest BCUT2D eigenvalue weighted by Crippen LogP contribution is 2.25. The van der Waals surface area contributed by atoms with E-state index in [9.17, 15) is 19.5 Å². The Kier molecular flexibility index (Phi) is 12.7. The van der Waals surface area contributed by atoms with Crippen molar-refractivity contribution in [1.29, 1.82) is 0 Å². The van der Waals surface area contributed by atoms with Crippen molar-refractivity contribution in [2.24, 2.45) is 0 Å². The van der Waals surface area contributed by atoms with Crippen molar-refractivity contribution in [3.8, 4) is 5.75 Å². The number of benzene rings is 2. The van der Waals surface area contributed by atoms with E-state index in [-0.39, 0.29) is 18.1 Å². The van der Waals surface area contributed by atoms with Gasteiger partial charge in [-0.15, -0.1) is 0 Å². The molecule has 0 heterocycles. The number of nitrogens with zero attached hydrogens (tertiary/aromatic N) is 1. The number of ether oxygens (including phenoxy) is 1. The lowest BCUT2D eigenvalue weighted by atomic mass is 9.98. The predicted octanol–water partition coefficient (Wildman–Crippen LogP) is 5.76. The molecule has 0 saturated heterocycles. The summed E-state index contributed by atoms with van der Waals surface area (Å²) in [6.45, 7) is 13.9. The Morgan fingerprint density at radius 1 is 1.05 bits per heavy atom. The number of amides is 3. The number of hydrogen-bond acceptors (Lipinski definition) is 5. The minimum atomic E-state index is -1.01. The molecular formula is C32H45N3O5. The summed E-state index contributed by atoms with van der Waals surface area (Å²) < 4.78 is 5.46. The first-order valence-electron chi connectivity index (χ1n) is 14.1. The van der Waals surface area contributed by atoms with Crippen LogP contribution in [0.4, 0.5) is 4.79 Å². The fourth-order valence-corrected chi connectivity index (χ4v) is 4.34. The Balaban J connectivity index is 2.50. The molecule has 0 spiro atoms. The van der Waals surface area contributed by atoms with Crippen LogP contribution in [0.5, 0.6) is 5.75 Å². The summed E-state index contributed by atoms with van der Waals surface area (Å²) in [5.41, 5.74) is 1.47. The molecule has 8 heteroatoms. The maximum Gasteiger partial charge on any atom is 0.408 e. The standard InChI is InChI=1S/C32H45N3O5/c1-7-10-11-19-33-29(37)28(25-14-12-13-23(9-3)21-25)35(20-8-2)30(38)27(34-31(39)40-32(4,5)6)22-24-15-17-26(36)18-16-24/h9,12-18,21,27-28,36H,3,7-8,10-11,19-20,22H2,1-2,4-6H3,(H,33,37)(H,34,39). The monoisotopic (exact) mass is 551 g/mol. The van der Waals surface area contributed by atoms with Crippen LogP contribution in [0, 0.1) is 0 Å². The lowest BCUT2D eigenvalue weighted by Crippen LogP contribution is -2.54. The van der Waals surface area contributed by atoms with Crippen LogP contribution in [0.3, 0.4) is 0 Å². The molecule has 2 unspecified atom stereocenters. The van der Waals surface area contributed by atoms with Gasteiger partial charge in [-0.3, -0.25) is 9.59 Å². The first kappa shape index (κ1) is 32.4. The Morgan fingerprint density at radius 2 is 1.75 bits per heavy atom. The second-order valence-corrected chi connectivity index (χ2v) is 10.9. The summed E-state index contributed by atoms with van der Waals surface area (Å²) in [6.07, 6.45) is 4.58. The van der Waals surface area contributed by atoms with Crippen LogP contribution in [0.1, 0.15) is 83.0 Å². The van der Waals surface area contributed by atoms with Gasteiger partial charge in [-0.1, -0.05) is 69.7 Å². The van der Waals surface area contributed by atoms with E-state index in [1.807, 2.05) is 31.2 Å². The second-order valence-electron chi connectivity index (χ2n) is 10.9. The number of phenols is 1. The van der Waals surface area contributed by atoms with E-state index in [2.05, 4.69) is 24.1 Å². The Labute approximate surface area is 238 Å². The lowest BCUT2D eigenvalue weighted by Gasteiger charge is -2.34. The molecule has 40 heavy (non-hydrogen) atoms. The van der Waals surface area contributed by atoms with E-state index in [4.69, 9.17) is 4.74 Å². The summed E-state index contributed by atoms with van der Waals surface area (Å²) in [5, 5.41) is 15.5. The summed E-state index contributed by atoms with van der Waals surface area (Å²) >= 11 is 0. The number of unbranched alkanes of at least 4 members (excludes halogenated alkanes) is 2. The van der Waals surface area contributed by atoms with Crippen molar-refractivity contribution in [3.63, 3.8) is 0 Å². The van der Waals surface area contributed by atoms with Gasteiger partial charge in [0.25, 0.3) is 0 Å². The van der Waals surface area contributed by atoms with Gasteiger partial charge in [-0.05, 0) is 68.5 Å². The maximum absolute atomic E-state index is 14.3. The molecule has 2 atom stereocenters. The van der Waals surface area contributed by atoms with Crippen LogP contribution in [-0.4, -0.2) is 52.6 Å². The minimum Gasteiger partial charge on any atom is -0.508 e. The van der Waals surface area contributed by atoms with Crippen molar-refractivity contribution in [2.75, 3.05) is 13.1 Å². The van der Waals surface area contributed by atoms with Gasteiger partial charge in [0.2, 0.25) is 11.8 Å². The highest BCUT2D eigenvalue weighted by Gasteiger charge is 2.36. The van der Waals surface area contributed by atoms with Crippen LogP contribution < -0.4 is 10.6 Å². The van der Waals surface area contributed by atoms with Crippen molar-refractivity contribution in [1.82, 2.24) is 15.5 Å². The lowest BCUT2D eigenvalue weighted by molar-refractivity contribution is -0.142. The molecule has 8 nitrogen and oxygen atoms in total. The van der Waals surface area contributed by atoms with Gasteiger partial charge in [0.05, 0.1) is 0 Å². The van der Waals surface area contributed by atoms with E-state index < -0.39 is 29.7 Å². The first-order valence-corrected chi connectivity index (χ1v) is 14.1. The zero-order valence-corrected chi connectivity index (χ0v) is 24.5. The molecule has 0 aromatic heterocycles. The molecule has 0 aliphatic heterocycles. The minimum absolute atomic E-state index is 0.0984. The van der Waals surface area contributed by atoms with E-state index >= 15 is 0 Å². The normalized spacial score (nSPS) is 12.6. The molecule has 3 N–H and O–H groups in total. The van der Waals surface area contributed by atoms with Gasteiger partial charge in [0, 0.05) is 19.5 Å². The number of carbonyl (C=O) groups is 3. The predicted molar refractivity (Wildman–Crippen MR) is 159 cm³/mol. The molecular weight excluding hydrogens is 506 g/mol. The summed E-state index contributed by atoms with van der Waals surface area (Å²) in [4.78, 5) is 42.3. The Hall–Kier alpha value is -3.81. The topological polar surface area (TPSA) is 108 Å². The largest absolute Gasteiger partial charge is 0.508 e. The molecule has 0 fully saturated rings. The molecule has 2 aromatic carbocycles. The molecule has 2 rings (SSSR count). The molecule has 0 radical (unpaired) electrons. The van der Waals surface area contributed by atoms with Crippen LogP contribution in [0.15, 0.2) is 55.1 Å². The highest BCUT2D eigenvalue weighted by molar-refractivity contribution is 5.92. The summed E-state index contributed by atoms with van der Waals surface area (Å²) in [5.74, 6) is -0.584. The number of rotatable bonds is 14. The van der Waals surface area contributed by atoms with E-state index in [0.29, 0.717) is 25.1 Å². The first-order chi connectivity index (χ1) is 19.0. The number of nitrogens with one attached hydrogen (secondary N) is 2. The van der Waals surface area contributed by atoms with Crippen molar-refractivity contribution in [2.45, 2.75) is 84.4 Å². The summed E-state index contributed by atoms with van der Waals surface area (Å²) in [7, 11) is 0. The number of hydrogen-bond donors (Lipinski definition) is 3. The fourth-order valence-electron chi connectivity index (χ4n) is 4.34. The van der Waals surface area contributed by atoms with E-state index in [1.54, 1.807) is 43.9 Å². The zero-order chi connectivity index (χ0) is 29.7. The average molecular weight is 552 g/mol. The van der Waals surface area contributed by atoms with E-state index in [0.717, 1.165) is 30.4 Å². The maximum atomic E-state index is 14.3. The van der Waals surface area contributed by atoms with Crippen molar-refractivity contribution >= 4 is 24.0 Å². The second kappa shape index (κ2) is 15.7. The third-order valence-electron chi connectivity index (χ3n) is 6.21. The molecule has 0 aliphatic rings. The van der Waals surface area contributed by atoms with Crippen LogP contribution in [0.25, 0.3) is 6.08 Å². The third-order valence-corrected chi connectivity index (χ3v) is 6.21. The Morgan fingerprint density at radius 3 is 2.35 bits per heavy atom. The number of alkyl carbamates (subject to hydrolysis) is 1. The van der Waals surface area contributed by atoms with Gasteiger partial charge in [-0.25, -0.2) is 4.79 Å². The molecule has 218 valence electrons. The Bertz CT molecular complexity index is 1120. The van der Waals surface area contributed by atoms with Gasteiger partial charge < -0.3 is 25.4 Å². The van der Waals surface area contributed by atoms with Crippen molar-refractivity contribution in [3.05, 3.63) is 71.8 Å². The quantitative estimate of drug-likeness (QED) is 0.259. The van der Waals surface area contributed by atoms with Gasteiger partial charge in [0.1, 0.15) is 23.4 Å². The molecule has 0 saturated carbocycles. The number of carbonyl (C=O) groups excluding carboxylic acids is 3. The smallest absolute Gasteiger partial charge is 0.408 e. The number of aromatic hydroxyl groups is 1. The van der Waals surface area contributed by atoms with Crippen molar-refractivity contribution < 1.29 is 24.2 Å². The molecule has 2 aromatic rings. The number of phenolic OH excluding ortho intramolecular Hbond substituents is 1. The van der Waals surface area contributed by atoms with Crippen LogP contribution in [-0.2, 0) is 20.7 Å². The molecule has 3 amide bonds. The third kappa shape index (κ3) is 10.4. The van der Waals surface area contributed by atoms with E-state index in [1.165, 1.54) is 12.1 Å². The summed E-state index contributed by atoms with van der Waals surface area (Å²) in [6, 6.07) is 11.9.